The Morgan fingerprint density at radius 2 is 1.51 bits per heavy atom. The summed E-state index contributed by atoms with van der Waals surface area (Å²) >= 11 is 12.8. The lowest BCUT2D eigenvalue weighted by molar-refractivity contribution is -0.121. The average molecular weight is 579 g/mol. The number of rotatable bonds is 4. The summed E-state index contributed by atoms with van der Waals surface area (Å²) in [4.78, 5) is 45.9. The minimum Gasteiger partial charge on any atom is -0.352 e. The molecule has 4 aromatic carbocycles. The molecule has 1 saturated heterocycles. The molecule has 1 amide bonds. The molecule has 4 aromatic rings. The molecule has 3 aliphatic heterocycles. The molecular weight excluding hydrogens is 555 g/mol. The van der Waals surface area contributed by atoms with Crippen LogP contribution in [0, 0.1) is 5.92 Å². The standard InChI is InChI=1S/C34H24Cl2N2O3/c1-19-18-28-34(24-10-4-6-12-26(24)37-33(34)41)29(31(39)20-14-16-21(35)17-15-20)30(32(40)23-9-2-5-11-25(23)36)38(28)27-13-7-3-8-22(19)27/h2-18,28-30H,1H3,(H,37,41)/t28-,29-,30-,34+/m0/s1. The first-order chi connectivity index (χ1) is 19.8. The summed E-state index contributed by atoms with van der Waals surface area (Å²) in [5.41, 5.74) is 3.35. The molecule has 7 rings (SSSR count). The summed E-state index contributed by atoms with van der Waals surface area (Å²) in [6.07, 6.45) is 2.03. The number of hydrogen-bond acceptors (Lipinski definition) is 4. The molecule has 5 nitrogen and oxygen atoms in total. The van der Waals surface area contributed by atoms with E-state index in [1.165, 1.54) is 0 Å². The molecule has 1 N–H and O–H groups in total. The van der Waals surface area contributed by atoms with E-state index in [1.54, 1.807) is 48.5 Å². The van der Waals surface area contributed by atoms with E-state index < -0.39 is 23.4 Å². The van der Waals surface area contributed by atoms with Crippen LogP contribution < -0.4 is 10.2 Å². The Morgan fingerprint density at radius 1 is 0.829 bits per heavy atom. The van der Waals surface area contributed by atoms with Crippen LogP contribution in [-0.4, -0.2) is 29.6 Å². The zero-order chi connectivity index (χ0) is 28.5. The maximum Gasteiger partial charge on any atom is 0.238 e. The molecule has 1 fully saturated rings. The SMILES string of the molecule is CC1=C[C@@H]2N(c3ccccc31)[C@H](C(=O)c1ccccc1Cl)[C@@H](C(=O)c1ccc(Cl)cc1)[C@]21C(=O)Nc2ccccc21. The average Bonchev–Trinajstić information content (AvgIpc) is 3.45. The first-order valence-electron chi connectivity index (χ1n) is 13.4. The number of nitrogens with zero attached hydrogens (tertiary/aromatic N) is 1. The molecule has 0 aromatic heterocycles. The highest BCUT2D eigenvalue weighted by Gasteiger charge is 2.70. The normalized spacial score (nSPS) is 23.9. The second-order valence-corrected chi connectivity index (χ2v) is 11.6. The van der Waals surface area contributed by atoms with E-state index in [4.69, 9.17) is 23.2 Å². The molecule has 1 spiro atoms. The van der Waals surface area contributed by atoms with Crippen molar-refractivity contribution in [2.45, 2.75) is 24.4 Å². The van der Waals surface area contributed by atoms with E-state index in [1.807, 2.05) is 66.4 Å². The number of benzene rings is 4. The van der Waals surface area contributed by atoms with Crippen molar-refractivity contribution in [2.75, 3.05) is 10.2 Å². The van der Waals surface area contributed by atoms with Crippen molar-refractivity contribution in [2.24, 2.45) is 5.92 Å². The molecule has 7 heteroatoms. The van der Waals surface area contributed by atoms with Crippen LogP contribution in [0.15, 0.2) is 103 Å². The third kappa shape index (κ3) is 3.59. The Labute approximate surface area is 247 Å². The largest absolute Gasteiger partial charge is 0.352 e. The molecular formula is C34H24Cl2N2O3. The molecule has 3 heterocycles. The number of nitrogens with one attached hydrogen (secondary N) is 1. The van der Waals surface area contributed by atoms with Gasteiger partial charge in [-0.3, -0.25) is 14.4 Å². The minimum absolute atomic E-state index is 0.293. The van der Waals surface area contributed by atoms with E-state index in [-0.39, 0.29) is 17.5 Å². The number of carbonyl (C=O) groups excluding carboxylic acids is 3. The van der Waals surface area contributed by atoms with Gasteiger partial charge in [-0.2, -0.15) is 0 Å². The highest BCUT2D eigenvalue weighted by Crippen LogP contribution is 2.59. The molecule has 0 unspecified atom stereocenters. The van der Waals surface area contributed by atoms with Gasteiger partial charge in [0.25, 0.3) is 0 Å². The third-order valence-corrected chi connectivity index (χ3v) is 9.28. The fraction of sp³-hybridized carbons (Fsp3) is 0.147. The van der Waals surface area contributed by atoms with E-state index in [0.29, 0.717) is 32.4 Å². The van der Waals surface area contributed by atoms with Crippen LogP contribution in [0.3, 0.4) is 0 Å². The van der Waals surface area contributed by atoms with Crippen molar-refractivity contribution in [1.29, 1.82) is 0 Å². The molecule has 202 valence electrons. The van der Waals surface area contributed by atoms with E-state index in [9.17, 15) is 14.4 Å². The quantitative estimate of drug-likeness (QED) is 0.259. The first-order valence-corrected chi connectivity index (χ1v) is 14.1. The van der Waals surface area contributed by atoms with Gasteiger partial charge in [-0.15, -0.1) is 0 Å². The number of amides is 1. The summed E-state index contributed by atoms with van der Waals surface area (Å²) in [5.74, 6) is -2.00. The summed E-state index contributed by atoms with van der Waals surface area (Å²) < 4.78 is 0. The predicted octanol–water partition coefficient (Wildman–Crippen LogP) is 7.24. The van der Waals surface area contributed by atoms with Crippen molar-refractivity contribution in [3.63, 3.8) is 0 Å². The Kier molecular flexibility index (Phi) is 5.93. The van der Waals surface area contributed by atoms with Gasteiger partial charge in [0.2, 0.25) is 5.91 Å². The lowest BCUT2D eigenvalue weighted by atomic mass is 9.64. The van der Waals surface area contributed by atoms with Gasteiger partial charge < -0.3 is 10.2 Å². The fourth-order valence-electron chi connectivity index (χ4n) is 7.00. The summed E-state index contributed by atoms with van der Waals surface area (Å²) in [6, 6.07) is 27.1. The Hall–Kier alpha value is -4.19. The van der Waals surface area contributed by atoms with E-state index in [0.717, 1.165) is 16.8 Å². The van der Waals surface area contributed by atoms with Gasteiger partial charge in [-0.1, -0.05) is 77.8 Å². The maximum atomic E-state index is 14.8. The summed E-state index contributed by atoms with van der Waals surface area (Å²) in [6.45, 7) is 2.00. The number of ketones is 2. The molecule has 0 aliphatic carbocycles. The molecule has 0 saturated carbocycles. The number of fused-ring (bicyclic) bond motifs is 6. The second kappa shape index (κ2) is 9.44. The Bertz CT molecular complexity index is 1800. The zero-order valence-corrected chi connectivity index (χ0v) is 23.5. The summed E-state index contributed by atoms with van der Waals surface area (Å²) in [7, 11) is 0. The van der Waals surface area contributed by atoms with Crippen LogP contribution in [0.1, 0.15) is 38.8 Å². The number of anilines is 2. The number of carbonyl (C=O) groups is 3. The highest BCUT2D eigenvalue weighted by molar-refractivity contribution is 6.34. The van der Waals surface area contributed by atoms with Gasteiger partial charge in [-0.05, 0) is 66.6 Å². The molecule has 4 atom stereocenters. The topological polar surface area (TPSA) is 66.5 Å². The van der Waals surface area contributed by atoms with Gasteiger partial charge in [-0.25, -0.2) is 0 Å². The van der Waals surface area contributed by atoms with Gasteiger partial charge in [0.1, 0.15) is 11.5 Å². The molecule has 0 radical (unpaired) electrons. The summed E-state index contributed by atoms with van der Waals surface area (Å²) in [5, 5.41) is 3.83. The smallest absolute Gasteiger partial charge is 0.238 e. The van der Waals surface area contributed by atoms with Crippen LogP contribution in [-0.2, 0) is 10.2 Å². The number of hydrogen-bond donors (Lipinski definition) is 1. The number of allylic oxidation sites excluding steroid dienone is 1. The van der Waals surface area contributed by atoms with Crippen LogP contribution >= 0.6 is 23.2 Å². The second-order valence-electron chi connectivity index (χ2n) is 10.7. The zero-order valence-electron chi connectivity index (χ0n) is 22.0. The van der Waals surface area contributed by atoms with Crippen molar-refractivity contribution in [3.05, 3.63) is 135 Å². The number of halogens is 2. The van der Waals surface area contributed by atoms with Crippen molar-refractivity contribution < 1.29 is 14.4 Å². The van der Waals surface area contributed by atoms with Gasteiger partial charge >= 0.3 is 0 Å². The maximum absolute atomic E-state index is 14.8. The van der Waals surface area contributed by atoms with Crippen molar-refractivity contribution in [1.82, 2.24) is 0 Å². The van der Waals surface area contributed by atoms with E-state index >= 15 is 0 Å². The Morgan fingerprint density at radius 3 is 2.29 bits per heavy atom. The number of Topliss-reactive ketones (excluding diaryl/α,β-unsaturated/α-hetero) is 2. The van der Waals surface area contributed by atoms with Crippen LogP contribution in [0.5, 0.6) is 0 Å². The first kappa shape index (κ1) is 25.8. The minimum atomic E-state index is -1.39. The predicted molar refractivity (Wildman–Crippen MR) is 162 cm³/mol. The van der Waals surface area contributed by atoms with Gasteiger partial charge in [0, 0.05) is 33.1 Å². The molecule has 0 bridgehead atoms. The number of para-hydroxylation sites is 2. The van der Waals surface area contributed by atoms with Crippen LogP contribution in [0.4, 0.5) is 11.4 Å². The third-order valence-electron chi connectivity index (χ3n) is 8.70. The highest BCUT2D eigenvalue weighted by atomic mass is 35.5. The van der Waals surface area contributed by atoms with Crippen LogP contribution in [0.2, 0.25) is 10.0 Å². The lowest BCUT2D eigenvalue weighted by Gasteiger charge is -2.39. The van der Waals surface area contributed by atoms with E-state index in [2.05, 4.69) is 5.32 Å². The monoisotopic (exact) mass is 578 g/mol. The molecule has 3 aliphatic rings. The lowest BCUT2D eigenvalue weighted by Crippen LogP contribution is -2.51. The van der Waals surface area contributed by atoms with Gasteiger partial charge in [0.05, 0.1) is 17.0 Å². The van der Waals surface area contributed by atoms with Gasteiger partial charge in [0.15, 0.2) is 11.6 Å². The van der Waals surface area contributed by atoms with Crippen molar-refractivity contribution >= 4 is 57.6 Å². The van der Waals surface area contributed by atoms with Crippen LogP contribution in [0.25, 0.3) is 5.57 Å². The fourth-order valence-corrected chi connectivity index (χ4v) is 7.36. The molecule has 41 heavy (non-hydrogen) atoms. The van der Waals surface area contributed by atoms with Crippen molar-refractivity contribution in [3.8, 4) is 0 Å². The Balaban J connectivity index is 1.57.